The summed E-state index contributed by atoms with van der Waals surface area (Å²) in [5.74, 6) is -0.351. The Balaban J connectivity index is 0. The lowest BCUT2D eigenvalue weighted by Gasteiger charge is -2.18. The molecule has 0 aliphatic carbocycles. The average molecular weight is 337 g/mol. The van der Waals surface area contributed by atoms with Crippen molar-refractivity contribution in [1.29, 1.82) is 0 Å². The number of carbonyl (C=O) groups excluding carboxylic acids is 2. The van der Waals surface area contributed by atoms with Crippen LogP contribution in [0.1, 0.15) is 13.8 Å². The molecule has 0 aromatic rings. The van der Waals surface area contributed by atoms with E-state index in [-0.39, 0.29) is 25.7 Å². The fourth-order valence-electron chi connectivity index (χ4n) is 1.31. The Morgan fingerprint density at radius 1 is 1.09 bits per heavy atom. The summed E-state index contributed by atoms with van der Waals surface area (Å²) in [4.78, 5) is 23.4. The molecule has 0 radical (unpaired) electrons. The molecule has 0 heterocycles. The molecular formula is C15H31NO7. The zero-order valence-electron chi connectivity index (χ0n) is 14.5. The molecule has 1 N–H and O–H groups in total. The molecule has 0 spiro atoms. The topological polar surface area (TPSA) is 94.5 Å². The van der Waals surface area contributed by atoms with Crippen LogP contribution in [0, 0.1) is 0 Å². The van der Waals surface area contributed by atoms with Crippen LogP contribution in [0.3, 0.4) is 0 Å². The van der Waals surface area contributed by atoms with Crippen molar-refractivity contribution in [2.75, 3.05) is 73.0 Å². The van der Waals surface area contributed by atoms with Gasteiger partial charge in [0.15, 0.2) is 0 Å². The lowest BCUT2D eigenvalue weighted by molar-refractivity contribution is -0.144. The summed E-state index contributed by atoms with van der Waals surface area (Å²) in [6.45, 7) is 7.06. The van der Waals surface area contributed by atoms with Crippen molar-refractivity contribution in [2.24, 2.45) is 0 Å². The average Bonchev–Trinajstić information content (AvgIpc) is 2.54. The van der Waals surface area contributed by atoms with Crippen LogP contribution in [0.4, 0.5) is 0 Å². The van der Waals surface area contributed by atoms with E-state index in [9.17, 15) is 9.59 Å². The number of hydrogen-bond acceptors (Lipinski definition) is 8. The van der Waals surface area contributed by atoms with Crippen molar-refractivity contribution in [2.45, 2.75) is 13.8 Å². The number of hydrogen-bond donors (Lipinski definition) is 1. The maximum absolute atomic E-state index is 11.3. The molecule has 8 heteroatoms. The first-order chi connectivity index (χ1) is 11.2. The lowest BCUT2D eigenvalue weighted by atomic mass is 10.4. The standard InChI is InChI=1S/C12H23NO6.C3H8O/c1-2-19-12(16)11-13(3-5-14)4-7-17-9-10-18-8-6-15;1-3-4-2/h5,15H,2-4,6-11H2,1H3;3H2,1-2H3. The molecule has 0 aromatic heterocycles. The molecule has 0 fully saturated rings. The second kappa shape index (κ2) is 20.9. The smallest absolute Gasteiger partial charge is 0.320 e. The number of esters is 1. The first kappa shape index (κ1) is 24.2. The molecular weight excluding hydrogens is 306 g/mol. The van der Waals surface area contributed by atoms with E-state index in [1.807, 2.05) is 6.92 Å². The quantitative estimate of drug-likeness (QED) is 0.263. The van der Waals surface area contributed by atoms with Gasteiger partial charge in [0, 0.05) is 20.3 Å². The van der Waals surface area contributed by atoms with Crippen LogP contribution in [0.5, 0.6) is 0 Å². The van der Waals surface area contributed by atoms with E-state index in [0.717, 1.165) is 12.9 Å². The molecule has 0 rings (SSSR count). The van der Waals surface area contributed by atoms with Gasteiger partial charge < -0.3 is 28.8 Å². The van der Waals surface area contributed by atoms with Crippen LogP contribution in [-0.2, 0) is 28.5 Å². The number of aliphatic hydroxyl groups is 1. The summed E-state index contributed by atoms with van der Waals surface area (Å²) in [5, 5.41) is 8.48. The number of ether oxygens (including phenoxy) is 4. The second-order valence-electron chi connectivity index (χ2n) is 4.23. The van der Waals surface area contributed by atoms with Crippen molar-refractivity contribution < 1.29 is 33.6 Å². The summed E-state index contributed by atoms with van der Waals surface area (Å²) in [6, 6.07) is 0. The Morgan fingerprint density at radius 3 is 2.17 bits per heavy atom. The Bertz CT molecular complexity index is 262. The predicted molar refractivity (Wildman–Crippen MR) is 85.4 cm³/mol. The number of carbonyl (C=O) groups is 2. The van der Waals surface area contributed by atoms with Crippen LogP contribution in [0.2, 0.25) is 0 Å². The van der Waals surface area contributed by atoms with E-state index in [1.165, 1.54) is 0 Å². The third-order valence-corrected chi connectivity index (χ3v) is 2.44. The largest absolute Gasteiger partial charge is 0.465 e. The highest BCUT2D eigenvalue weighted by molar-refractivity contribution is 5.72. The van der Waals surface area contributed by atoms with E-state index >= 15 is 0 Å². The number of methoxy groups -OCH3 is 1. The Hall–Kier alpha value is -1.06. The summed E-state index contributed by atoms with van der Waals surface area (Å²) in [6.07, 6.45) is 0.740. The zero-order chi connectivity index (χ0) is 17.8. The maximum Gasteiger partial charge on any atom is 0.320 e. The number of aliphatic hydroxyl groups excluding tert-OH is 1. The summed E-state index contributed by atoms with van der Waals surface area (Å²) >= 11 is 0. The van der Waals surface area contributed by atoms with Gasteiger partial charge in [-0.1, -0.05) is 0 Å². The minimum absolute atomic E-state index is 0.00729. The second-order valence-corrected chi connectivity index (χ2v) is 4.23. The van der Waals surface area contributed by atoms with Gasteiger partial charge in [-0.3, -0.25) is 9.69 Å². The molecule has 0 saturated heterocycles. The molecule has 138 valence electrons. The molecule has 0 amide bonds. The van der Waals surface area contributed by atoms with Crippen molar-refractivity contribution in [3.63, 3.8) is 0 Å². The highest BCUT2D eigenvalue weighted by Gasteiger charge is 2.10. The highest BCUT2D eigenvalue weighted by Crippen LogP contribution is 1.90. The minimum Gasteiger partial charge on any atom is -0.465 e. The molecule has 0 saturated carbocycles. The van der Waals surface area contributed by atoms with Gasteiger partial charge in [0.1, 0.15) is 6.29 Å². The number of aldehydes is 1. The van der Waals surface area contributed by atoms with Crippen LogP contribution < -0.4 is 0 Å². The highest BCUT2D eigenvalue weighted by atomic mass is 16.5. The summed E-state index contributed by atoms with van der Waals surface area (Å²) in [7, 11) is 1.68. The van der Waals surface area contributed by atoms with Gasteiger partial charge in [-0.2, -0.15) is 0 Å². The van der Waals surface area contributed by atoms with E-state index in [1.54, 1.807) is 18.9 Å². The molecule has 23 heavy (non-hydrogen) atoms. The van der Waals surface area contributed by atoms with Gasteiger partial charge >= 0.3 is 5.97 Å². The normalized spacial score (nSPS) is 10.1. The van der Waals surface area contributed by atoms with E-state index in [2.05, 4.69) is 4.74 Å². The van der Waals surface area contributed by atoms with Crippen molar-refractivity contribution in [3.8, 4) is 0 Å². The van der Waals surface area contributed by atoms with Crippen molar-refractivity contribution in [1.82, 2.24) is 4.90 Å². The molecule has 8 nitrogen and oxygen atoms in total. The van der Waals surface area contributed by atoms with E-state index in [4.69, 9.17) is 19.3 Å². The maximum atomic E-state index is 11.3. The van der Waals surface area contributed by atoms with E-state index < -0.39 is 0 Å². The van der Waals surface area contributed by atoms with Gasteiger partial charge in [-0.15, -0.1) is 0 Å². The van der Waals surface area contributed by atoms with Crippen LogP contribution in [0.25, 0.3) is 0 Å². The van der Waals surface area contributed by atoms with Crippen LogP contribution >= 0.6 is 0 Å². The van der Waals surface area contributed by atoms with Crippen LogP contribution in [-0.4, -0.2) is 95.3 Å². The monoisotopic (exact) mass is 337 g/mol. The number of rotatable bonds is 14. The molecule has 0 aromatic carbocycles. The molecule has 0 aliphatic heterocycles. The fourth-order valence-corrected chi connectivity index (χ4v) is 1.31. The SMILES string of the molecule is CCOC.CCOC(=O)CN(CC=O)CCOCCOCCO. The Kier molecular flexibility index (Phi) is 22.0. The van der Waals surface area contributed by atoms with Gasteiger partial charge in [0.25, 0.3) is 0 Å². The Labute approximate surface area is 138 Å². The van der Waals surface area contributed by atoms with Crippen molar-refractivity contribution >= 4 is 12.3 Å². The first-order valence-corrected chi connectivity index (χ1v) is 7.73. The van der Waals surface area contributed by atoms with Crippen molar-refractivity contribution in [3.05, 3.63) is 0 Å². The predicted octanol–water partition coefficient (Wildman–Crippen LogP) is -0.271. The lowest BCUT2D eigenvalue weighted by Crippen LogP contribution is -2.35. The fraction of sp³-hybridized carbons (Fsp3) is 0.867. The molecule has 0 bridgehead atoms. The van der Waals surface area contributed by atoms with E-state index in [0.29, 0.717) is 39.6 Å². The van der Waals surface area contributed by atoms with Gasteiger partial charge in [-0.05, 0) is 13.8 Å². The first-order valence-electron chi connectivity index (χ1n) is 7.73. The third kappa shape index (κ3) is 20.9. The summed E-state index contributed by atoms with van der Waals surface area (Å²) in [5.41, 5.74) is 0. The van der Waals surface area contributed by atoms with Gasteiger partial charge in [0.05, 0.1) is 52.7 Å². The molecule has 0 atom stereocenters. The zero-order valence-corrected chi connectivity index (χ0v) is 14.5. The van der Waals surface area contributed by atoms with Gasteiger partial charge in [-0.25, -0.2) is 0 Å². The number of nitrogens with zero attached hydrogens (tertiary/aromatic N) is 1. The third-order valence-electron chi connectivity index (χ3n) is 2.44. The summed E-state index contributed by atoms with van der Waals surface area (Å²) < 4.78 is 19.6. The Morgan fingerprint density at radius 2 is 1.70 bits per heavy atom. The van der Waals surface area contributed by atoms with Gasteiger partial charge in [0.2, 0.25) is 0 Å². The molecule has 0 unspecified atom stereocenters. The molecule has 0 aliphatic rings. The van der Waals surface area contributed by atoms with Crippen LogP contribution in [0.15, 0.2) is 0 Å². The minimum atomic E-state index is -0.351.